The summed E-state index contributed by atoms with van der Waals surface area (Å²) in [5, 5.41) is 3.13. The fourth-order valence-electron chi connectivity index (χ4n) is 1.53. The maximum absolute atomic E-state index is 13.0. The Morgan fingerprint density at radius 2 is 1.92 bits per heavy atom. The number of benzene rings is 1. The van der Waals surface area contributed by atoms with E-state index < -0.39 is 0 Å². The molecule has 0 saturated heterocycles. The van der Waals surface area contributed by atoms with Crippen molar-refractivity contribution in [1.82, 2.24) is 5.32 Å². The Bertz CT molecular complexity index is 270. The molecule has 1 aliphatic heterocycles. The molecule has 0 radical (unpaired) electrons. The van der Waals surface area contributed by atoms with Gasteiger partial charge in [-0.3, -0.25) is 0 Å². The lowest BCUT2D eigenvalue weighted by molar-refractivity contribution is 0.608. The van der Waals surface area contributed by atoms with Gasteiger partial charge in [0.05, 0.1) is 0 Å². The third-order valence-electron chi connectivity index (χ3n) is 2.21. The molecule has 0 unspecified atom stereocenters. The van der Waals surface area contributed by atoms with Crippen molar-refractivity contribution >= 4 is 12.4 Å². The zero-order chi connectivity index (χ0) is 7.84. The van der Waals surface area contributed by atoms with Gasteiger partial charge < -0.3 is 5.32 Å². The van der Waals surface area contributed by atoms with Crippen molar-refractivity contribution in [2.24, 2.45) is 0 Å². The van der Waals surface area contributed by atoms with E-state index >= 15 is 0 Å². The summed E-state index contributed by atoms with van der Waals surface area (Å²) in [5.41, 5.74) is 3.18. The van der Waals surface area contributed by atoms with Gasteiger partial charge in [-0.25, -0.2) is 4.39 Å². The number of aryl methyl sites for hydroxylation is 1. The minimum Gasteiger partial charge on any atom is -0.308 e. The zero-order valence-corrected chi connectivity index (χ0v) is 7.67. The summed E-state index contributed by atoms with van der Waals surface area (Å²) in [4.78, 5) is 0. The summed E-state index contributed by atoms with van der Waals surface area (Å²) in [5.74, 6) is -0.0735. The molecule has 1 aromatic rings. The highest BCUT2D eigenvalue weighted by molar-refractivity contribution is 5.85. The Morgan fingerprint density at radius 1 is 1.25 bits per heavy atom. The second-order valence-electron chi connectivity index (χ2n) is 2.92. The summed E-state index contributed by atoms with van der Waals surface area (Å²) in [7, 11) is 0. The molecule has 0 saturated carbocycles. The third-order valence-corrected chi connectivity index (χ3v) is 2.21. The fraction of sp³-hybridized carbons (Fsp3) is 0.333. The van der Waals surface area contributed by atoms with Crippen molar-refractivity contribution in [3.8, 4) is 0 Å². The molecular formula is C9H11ClFN. The monoisotopic (exact) mass is 187 g/mol. The summed E-state index contributed by atoms with van der Waals surface area (Å²) < 4.78 is 13.0. The molecule has 0 spiro atoms. The number of rotatable bonds is 0. The van der Waals surface area contributed by atoms with Gasteiger partial charge in [0, 0.05) is 18.7 Å². The first-order chi connectivity index (χ1) is 5.29. The van der Waals surface area contributed by atoms with Gasteiger partial charge in [-0.05, 0) is 24.1 Å². The molecule has 1 N–H and O–H groups in total. The van der Waals surface area contributed by atoms with Crippen molar-refractivity contribution in [3.63, 3.8) is 0 Å². The molecule has 1 nitrogen and oxygen atoms in total. The lowest BCUT2D eigenvalue weighted by Crippen LogP contribution is -2.00. The van der Waals surface area contributed by atoms with Crippen LogP contribution >= 0.6 is 12.4 Å². The smallest absolute Gasteiger partial charge is 0.128 e. The van der Waals surface area contributed by atoms with Crippen LogP contribution in [0.15, 0.2) is 12.1 Å². The van der Waals surface area contributed by atoms with Gasteiger partial charge in [0.25, 0.3) is 0 Å². The standard InChI is InChI=1S/C9H10FN.ClH/c1-6-2-3-9(10)8-5-11-4-7(6)8;/h2-3,11H,4-5H2,1H3;1H. The first-order valence-electron chi connectivity index (χ1n) is 3.76. The van der Waals surface area contributed by atoms with E-state index in [9.17, 15) is 4.39 Å². The maximum Gasteiger partial charge on any atom is 0.128 e. The molecule has 0 bridgehead atoms. The van der Waals surface area contributed by atoms with Gasteiger partial charge in [0.15, 0.2) is 0 Å². The van der Waals surface area contributed by atoms with Crippen LogP contribution in [-0.2, 0) is 13.1 Å². The number of hydrogen-bond donors (Lipinski definition) is 1. The lowest BCUT2D eigenvalue weighted by Gasteiger charge is -2.02. The van der Waals surface area contributed by atoms with Gasteiger partial charge in [-0.1, -0.05) is 6.07 Å². The van der Waals surface area contributed by atoms with Crippen molar-refractivity contribution in [2.45, 2.75) is 20.0 Å². The average molecular weight is 188 g/mol. The van der Waals surface area contributed by atoms with E-state index in [1.165, 1.54) is 5.56 Å². The van der Waals surface area contributed by atoms with Crippen molar-refractivity contribution in [1.29, 1.82) is 0 Å². The molecule has 1 aliphatic rings. The van der Waals surface area contributed by atoms with Crippen LogP contribution in [-0.4, -0.2) is 0 Å². The first kappa shape index (κ1) is 9.49. The second-order valence-corrected chi connectivity index (χ2v) is 2.92. The lowest BCUT2D eigenvalue weighted by atomic mass is 10.0. The van der Waals surface area contributed by atoms with Gasteiger partial charge in [-0.2, -0.15) is 0 Å². The number of halogens is 2. The van der Waals surface area contributed by atoms with Crippen LogP contribution in [0.4, 0.5) is 4.39 Å². The van der Waals surface area contributed by atoms with Crippen molar-refractivity contribution in [3.05, 3.63) is 34.6 Å². The van der Waals surface area contributed by atoms with Gasteiger partial charge in [0.1, 0.15) is 5.82 Å². The number of fused-ring (bicyclic) bond motifs is 1. The highest BCUT2D eigenvalue weighted by Gasteiger charge is 2.15. The molecule has 12 heavy (non-hydrogen) atoms. The molecule has 0 fully saturated rings. The van der Waals surface area contributed by atoms with E-state index in [2.05, 4.69) is 5.32 Å². The largest absolute Gasteiger partial charge is 0.308 e. The van der Waals surface area contributed by atoms with Gasteiger partial charge >= 0.3 is 0 Å². The van der Waals surface area contributed by atoms with E-state index in [0.717, 1.165) is 17.7 Å². The Kier molecular flexibility index (Phi) is 2.70. The van der Waals surface area contributed by atoms with Crippen LogP contribution < -0.4 is 5.32 Å². The summed E-state index contributed by atoms with van der Waals surface area (Å²) in [6.07, 6.45) is 0. The minimum atomic E-state index is -0.0735. The highest BCUT2D eigenvalue weighted by atomic mass is 35.5. The zero-order valence-electron chi connectivity index (χ0n) is 6.86. The van der Waals surface area contributed by atoms with Gasteiger partial charge in [-0.15, -0.1) is 12.4 Å². The third kappa shape index (κ3) is 1.32. The predicted octanol–water partition coefficient (Wildman–Crippen LogP) is 2.16. The molecule has 0 aliphatic carbocycles. The molecule has 0 atom stereocenters. The van der Waals surface area contributed by atoms with E-state index in [1.54, 1.807) is 6.07 Å². The normalized spacial score (nSPS) is 13.8. The van der Waals surface area contributed by atoms with Crippen LogP contribution in [0.25, 0.3) is 0 Å². The average Bonchev–Trinajstić information content (AvgIpc) is 2.45. The fourth-order valence-corrected chi connectivity index (χ4v) is 1.53. The minimum absolute atomic E-state index is 0. The Hall–Kier alpha value is -0.600. The molecule has 0 amide bonds. The van der Waals surface area contributed by atoms with Crippen molar-refractivity contribution < 1.29 is 4.39 Å². The van der Waals surface area contributed by atoms with Crippen LogP contribution in [0.5, 0.6) is 0 Å². The summed E-state index contributed by atoms with van der Waals surface area (Å²) >= 11 is 0. The topological polar surface area (TPSA) is 12.0 Å². The van der Waals surface area contributed by atoms with E-state index in [4.69, 9.17) is 0 Å². The molecule has 2 rings (SSSR count). The molecule has 0 aromatic heterocycles. The summed E-state index contributed by atoms with van der Waals surface area (Å²) in [6.45, 7) is 3.52. The molecule has 66 valence electrons. The van der Waals surface area contributed by atoms with Crippen LogP contribution in [0.2, 0.25) is 0 Å². The maximum atomic E-state index is 13.0. The number of hydrogen-bond acceptors (Lipinski definition) is 1. The van der Waals surface area contributed by atoms with Crippen molar-refractivity contribution in [2.75, 3.05) is 0 Å². The SMILES string of the molecule is Cc1ccc(F)c2c1CNC2.Cl. The number of nitrogens with one attached hydrogen (secondary N) is 1. The predicted molar refractivity (Wildman–Crippen MR) is 48.9 cm³/mol. The second kappa shape index (κ2) is 3.42. The van der Waals surface area contributed by atoms with E-state index in [1.807, 2.05) is 13.0 Å². The van der Waals surface area contributed by atoms with Crippen LogP contribution in [0.3, 0.4) is 0 Å². The first-order valence-corrected chi connectivity index (χ1v) is 3.76. The van der Waals surface area contributed by atoms with Crippen LogP contribution in [0.1, 0.15) is 16.7 Å². The Labute approximate surface area is 77.4 Å². The highest BCUT2D eigenvalue weighted by Crippen LogP contribution is 2.21. The quantitative estimate of drug-likeness (QED) is 0.657. The Morgan fingerprint density at radius 3 is 2.58 bits per heavy atom. The van der Waals surface area contributed by atoms with E-state index in [-0.39, 0.29) is 18.2 Å². The molecule has 1 aromatic carbocycles. The molecule has 1 heterocycles. The molecular weight excluding hydrogens is 177 g/mol. The Balaban J connectivity index is 0.000000720. The summed E-state index contributed by atoms with van der Waals surface area (Å²) in [6, 6.07) is 3.38. The van der Waals surface area contributed by atoms with Gasteiger partial charge in [0.2, 0.25) is 0 Å². The van der Waals surface area contributed by atoms with Crippen LogP contribution in [0, 0.1) is 12.7 Å². The molecule has 3 heteroatoms. The van der Waals surface area contributed by atoms with E-state index in [0.29, 0.717) is 6.54 Å².